The Labute approximate surface area is 230 Å². The molecule has 0 atom stereocenters. The molecule has 0 bridgehead atoms. The van der Waals surface area contributed by atoms with Crippen molar-refractivity contribution in [1.29, 1.82) is 0 Å². The lowest BCUT2D eigenvalue weighted by molar-refractivity contribution is -0.118. The van der Waals surface area contributed by atoms with E-state index >= 15 is 0 Å². The van der Waals surface area contributed by atoms with E-state index in [2.05, 4.69) is 42.5 Å². The second-order valence-corrected chi connectivity index (χ2v) is 13.1. The number of anilines is 2. The Morgan fingerprint density at radius 1 is 0.765 bits per heavy atom. The van der Waals surface area contributed by atoms with Crippen LogP contribution in [0, 0.1) is 24.7 Å². The zero-order chi connectivity index (χ0) is 26.4. The van der Waals surface area contributed by atoms with E-state index in [-0.39, 0.29) is 22.6 Å². The Bertz CT molecular complexity index is 1040. The topological polar surface area (TPSA) is 58.2 Å². The molecule has 0 aliphatic heterocycles. The summed E-state index contributed by atoms with van der Waals surface area (Å²) in [5, 5.41) is 6.99. The Hall–Kier alpha value is -1.08. The molecule has 0 unspecified atom stereocenters. The molecule has 2 aromatic carbocycles. The van der Waals surface area contributed by atoms with Crippen LogP contribution in [0.5, 0.6) is 0 Å². The van der Waals surface area contributed by atoms with Crippen LogP contribution in [0.3, 0.4) is 0 Å². The minimum absolute atomic E-state index is 0.0123. The van der Waals surface area contributed by atoms with Gasteiger partial charge in [-0.25, -0.2) is 0 Å². The number of carbonyl (C=O) groups is 2. The van der Waals surface area contributed by atoms with Gasteiger partial charge in [0.1, 0.15) is 0 Å². The van der Waals surface area contributed by atoms with Crippen molar-refractivity contribution in [2.45, 2.75) is 68.2 Å². The smallest absolute Gasteiger partial charge is 0.224 e. The van der Waals surface area contributed by atoms with Gasteiger partial charge in [-0.05, 0) is 76.0 Å². The van der Waals surface area contributed by atoms with Crippen LogP contribution in [-0.2, 0) is 9.59 Å². The fraction of sp³-hybridized carbons (Fsp3) is 0.462. The maximum absolute atomic E-state index is 11.9. The van der Waals surface area contributed by atoms with Crippen molar-refractivity contribution in [3.63, 3.8) is 0 Å². The van der Waals surface area contributed by atoms with E-state index in [1.807, 2.05) is 67.5 Å². The summed E-state index contributed by atoms with van der Waals surface area (Å²) in [4.78, 5) is 23.7. The highest BCUT2D eigenvalue weighted by Gasteiger charge is 2.18. The van der Waals surface area contributed by atoms with E-state index in [0.717, 1.165) is 25.8 Å². The molecule has 2 N–H and O–H groups in total. The minimum Gasteiger partial charge on any atom is -0.326 e. The number of nitrogens with one attached hydrogen (secondary N) is 2. The van der Waals surface area contributed by atoms with E-state index in [4.69, 9.17) is 23.2 Å². The van der Waals surface area contributed by atoms with Crippen molar-refractivity contribution >= 4 is 78.3 Å². The number of carbonyl (C=O) groups excluding carboxylic acids is 2. The SMILES string of the molecule is Cc1c(Br)ccc(Cl)c1NC(=O)CC(C)(C)C.Cc1c(NC(=O)CC(C)(C)C)ccc(Cl)c1Br. The molecule has 34 heavy (non-hydrogen) atoms. The maximum atomic E-state index is 11.9. The number of halogens is 4. The van der Waals surface area contributed by atoms with Crippen molar-refractivity contribution < 1.29 is 9.59 Å². The van der Waals surface area contributed by atoms with Gasteiger partial charge in [0, 0.05) is 27.5 Å². The Morgan fingerprint density at radius 2 is 1.24 bits per heavy atom. The first kappa shape index (κ1) is 31.0. The summed E-state index contributed by atoms with van der Waals surface area (Å²) in [6.07, 6.45) is 0.960. The molecule has 0 spiro atoms. The van der Waals surface area contributed by atoms with Crippen LogP contribution < -0.4 is 10.6 Å². The third-order valence-corrected chi connectivity index (χ3v) is 7.35. The number of hydrogen-bond donors (Lipinski definition) is 2. The van der Waals surface area contributed by atoms with Gasteiger partial charge >= 0.3 is 0 Å². The summed E-state index contributed by atoms with van der Waals surface area (Å²) < 4.78 is 1.76. The average Bonchev–Trinajstić information content (AvgIpc) is 2.66. The number of rotatable bonds is 4. The van der Waals surface area contributed by atoms with E-state index in [9.17, 15) is 9.59 Å². The zero-order valence-corrected chi connectivity index (χ0v) is 25.7. The van der Waals surface area contributed by atoms with Gasteiger partial charge in [0.2, 0.25) is 11.8 Å². The highest BCUT2D eigenvalue weighted by Crippen LogP contribution is 2.33. The summed E-state index contributed by atoms with van der Waals surface area (Å²) in [6.45, 7) is 16.0. The highest BCUT2D eigenvalue weighted by atomic mass is 79.9. The molecule has 0 aliphatic rings. The molecule has 0 saturated carbocycles. The van der Waals surface area contributed by atoms with Gasteiger partial charge in [-0.1, -0.05) is 80.7 Å². The first-order valence-electron chi connectivity index (χ1n) is 10.9. The molecule has 2 rings (SSSR count). The number of hydrogen-bond acceptors (Lipinski definition) is 2. The molecule has 0 fully saturated rings. The molecule has 8 heteroatoms. The van der Waals surface area contributed by atoms with Crippen LogP contribution >= 0.6 is 55.1 Å². The number of amides is 2. The van der Waals surface area contributed by atoms with Crippen LogP contribution in [0.25, 0.3) is 0 Å². The Balaban J connectivity index is 0.000000340. The molecule has 0 radical (unpaired) electrons. The molecular formula is C26H34Br2Cl2N2O2. The summed E-state index contributed by atoms with van der Waals surface area (Å²) in [5.74, 6) is 0.00965. The standard InChI is InChI=1S/2C13H17BrClNO/c1-8-10(6-5-9(15)12(8)14)16-11(17)7-13(2,3)4;1-8-9(14)5-6-10(15)12(8)16-11(17)7-13(2,3)4/h2*5-6H,7H2,1-4H3,(H,16,17). The molecule has 0 aliphatic carbocycles. The quantitative estimate of drug-likeness (QED) is 0.351. The van der Waals surface area contributed by atoms with Gasteiger partial charge in [-0.3, -0.25) is 9.59 Å². The lowest BCUT2D eigenvalue weighted by Crippen LogP contribution is -2.20. The third kappa shape index (κ3) is 10.7. The van der Waals surface area contributed by atoms with Gasteiger partial charge in [-0.15, -0.1) is 0 Å². The highest BCUT2D eigenvalue weighted by molar-refractivity contribution is 9.10. The van der Waals surface area contributed by atoms with Crippen molar-refractivity contribution in [3.8, 4) is 0 Å². The summed E-state index contributed by atoms with van der Waals surface area (Å²) in [5.41, 5.74) is 3.34. The first-order valence-corrected chi connectivity index (χ1v) is 13.2. The second-order valence-electron chi connectivity index (χ2n) is 10.6. The molecule has 0 aromatic heterocycles. The third-order valence-electron chi connectivity index (χ3n) is 4.61. The number of benzene rings is 2. The summed E-state index contributed by atoms with van der Waals surface area (Å²) in [7, 11) is 0. The second kappa shape index (κ2) is 12.8. The van der Waals surface area contributed by atoms with Gasteiger partial charge in [0.05, 0.1) is 15.7 Å². The van der Waals surface area contributed by atoms with E-state index < -0.39 is 0 Å². The summed E-state index contributed by atoms with van der Waals surface area (Å²) >= 11 is 18.9. The molecule has 0 heterocycles. The van der Waals surface area contributed by atoms with Crippen molar-refractivity contribution in [2.24, 2.45) is 10.8 Å². The molecule has 2 amide bonds. The molecule has 188 valence electrons. The van der Waals surface area contributed by atoms with Crippen molar-refractivity contribution in [1.82, 2.24) is 0 Å². The van der Waals surface area contributed by atoms with Crippen LogP contribution in [0.15, 0.2) is 33.2 Å². The first-order chi connectivity index (χ1) is 15.4. The van der Waals surface area contributed by atoms with Gasteiger partial charge in [0.15, 0.2) is 0 Å². The molecular weight excluding hydrogens is 603 g/mol. The molecule has 4 nitrogen and oxygen atoms in total. The Morgan fingerprint density at radius 3 is 1.74 bits per heavy atom. The monoisotopic (exact) mass is 634 g/mol. The predicted octanol–water partition coefficient (Wildman–Crippen LogP) is 9.57. The minimum atomic E-state index is -0.0313. The lowest BCUT2D eigenvalue weighted by atomic mass is 9.92. The van der Waals surface area contributed by atoms with Crippen LogP contribution in [0.1, 0.15) is 65.5 Å². The fourth-order valence-electron chi connectivity index (χ4n) is 2.94. The zero-order valence-electron chi connectivity index (χ0n) is 21.1. The van der Waals surface area contributed by atoms with E-state index in [1.165, 1.54) is 0 Å². The Kier molecular flexibility index (Phi) is 11.6. The van der Waals surface area contributed by atoms with Crippen molar-refractivity contribution in [3.05, 3.63) is 54.4 Å². The fourth-order valence-corrected chi connectivity index (χ4v) is 4.07. The van der Waals surface area contributed by atoms with E-state index in [0.29, 0.717) is 28.6 Å². The molecule has 2 aromatic rings. The van der Waals surface area contributed by atoms with E-state index in [1.54, 1.807) is 12.1 Å². The maximum Gasteiger partial charge on any atom is 0.224 e. The van der Waals surface area contributed by atoms with Crippen LogP contribution in [-0.4, -0.2) is 11.8 Å². The van der Waals surface area contributed by atoms with Gasteiger partial charge < -0.3 is 10.6 Å². The lowest BCUT2D eigenvalue weighted by Gasteiger charge is -2.18. The molecule has 0 saturated heterocycles. The predicted molar refractivity (Wildman–Crippen MR) is 153 cm³/mol. The van der Waals surface area contributed by atoms with Crippen LogP contribution in [0.2, 0.25) is 10.0 Å². The average molecular weight is 637 g/mol. The largest absolute Gasteiger partial charge is 0.326 e. The normalized spacial score (nSPS) is 11.4. The van der Waals surface area contributed by atoms with Crippen LogP contribution in [0.4, 0.5) is 11.4 Å². The van der Waals surface area contributed by atoms with Crippen molar-refractivity contribution in [2.75, 3.05) is 10.6 Å². The summed E-state index contributed by atoms with van der Waals surface area (Å²) in [6, 6.07) is 7.23. The van der Waals surface area contributed by atoms with Gasteiger partial charge in [-0.2, -0.15) is 0 Å². The van der Waals surface area contributed by atoms with Gasteiger partial charge in [0.25, 0.3) is 0 Å².